The van der Waals surface area contributed by atoms with Crippen LogP contribution >= 0.6 is 11.3 Å². The fraction of sp³-hybridized carbons (Fsp3) is 0.387. The Labute approximate surface area is 237 Å². The van der Waals surface area contributed by atoms with Crippen LogP contribution in [0.4, 0.5) is 0 Å². The normalized spacial score (nSPS) is 20.9. The molecule has 9 heteroatoms. The number of piperidine rings is 1. The fourth-order valence-electron chi connectivity index (χ4n) is 6.21. The fourth-order valence-corrected chi connectivity index (χ4v) is 7.11. The van der Waals surface area contributed by atoms with Gasteiger partial charge in [-0.1, -0.05) is 17.7 Å². The molecule has 2 unspecified atom stereocenters. The molecule has 1 aliphatic carbocycles. The Bertz CT molecular complexity index is 1590. The summed E-state index contributed by atoms with van der Waals surface area (Å²) in [6.07, 6.45) is 8.34. The van der Waals surface area contributed by atoms with Gasteiger partial charge in [-0.05, 0) is 74.4 Å². The van der Waals surface area contributed by atoms with Crippen LogP contribution in [-0.2, 0) is 11.3 Å². The summed E-state index contributed by atoms with van der Waals surface area (Å²) in [6, 6.07) is 13.5. The molecule has 8 nitrogen and oxygen atoms in total. The highest BCUT2D eigenvalue weighted by Gasteiger charge is 2.40. The smallest absolute Gasteiger partial charge is 0.262 e. The number of allylic oxidation sites excluding steroid dienone is 1. The zero-order valence-corrected chi connectivity index (χ0v) is 23.6. The number of benzene rings is 1. The number of likely N-dealkylation sites (tertiary alicyclic amines) is 1. The molecule has 1 amide bonds. The van der Waals surface area contributed by atoms with E-state index in [0.717, 1.165) is 29.9 Å². The molecular formula is C31H34N4O4S. The second-order valence-corrected chi connectivity index (χ2v) is 12.0. The van der Waals surface area contributed by atoms with E-state index in [4.69, 9.17) is 4.74 Å². The lowest BCUT2D eigenvalue weighted by atomic mass is 9.76. The Kier molecular flexibility index (Phi) is 7.10. The first kappa shape index (κ1) is 26.5. The van der Waals surface area contributed by atoms with Crippen LogP contribution in [0.25, 0.3) is 16.7 Å². The molecule has 1 N–H and O–H groups in total. The summed E-state index contributed by atoms with van der Waals surface area (Å²) in [7, 11) is 1.62. The first-order valence-electron chi connectivity index (χ1n) is 13.8. The van der Waals surface area contributed by atoms with Gasteiger partial charge in [-0.3, -0.25) is 14.2 Å². The molecule has 1 saturated heterocycles. The molecule has 0 spiro atoms. The van der Waals surface area contributed by atoms with Crippen LogP contribution in [0, 0.1) is 5.92 Å². The molecule has 208 valence electrons. The van der Waals surface area contributed by atoms with Gasteiger partial charge >= 0.3 is 0 Å². The number of methoxy groups -OCH3 is 1. The molecule has 2 atom stereocenters. The van der Waals surface area contributed by atoms with Gasteiger partial charge in [0.25, 0.3) is 5.56 Å². The van der Waals surface area contributed by atoms with Gasteiger partial charge in [-0.2, -0.15) is 0 Å². The van der Waals surface area contributed by atoms with Crippen LogP contribution in [0.1, 0.15) is 43.4 Å². The lowest BCUT2D eigenvalue weighted by molar-refractivity contribution is -0.139. The Morgan fingerprint density at radius 3 is 2.65 bits per heavy atom. The lowest BCUT2D eigenvalue weighted by Gasteiger charge is -2.41. The zero-order valence-electron chi connectivity index (χ0n) is 22.8. The van der Waals surface area contributed by atoms with Crippen LogP contribution in [0.3, 0.4) is 0 Å². The standard InChI is InChI=1S/C31H34N4O4S/c1-21-5-3-6-24(26-7-4-18-40-26)27(21)30(37)33-16-13-31(38,14-17-33)19-34-20-32-28-25(29(34)36)12-15-35(28)22-8-10-23(39-2)11-9-22/h4-5,7-12,15,18,20,24,27,38H,3,6,13-14,16-17,19H2,1-2H3. The maximum atomic E-state index is 13.7. The Balaban J connectivity index is 1.16. The Hall–Kier alpha value is -3.69. The molecule has 2 aliphatic rings. The van der Waals surface area contributed by atoms with Crippen molar-refractivity contribution in [3.63, 3.8) is 0 Å². The molecule has 1 aliphatic heterocycles. The van der Waals surface area contributed by atoms with Gasteiger partial charge < -0.3 is 19.3 Å². The number of aliphatic hydroxyl groups is 1. The topological polar surface area (TPSA) is 89.6 Å². The van der Waals surface area contributed by atoms with Crippen molar-refractivity contribution in [1.29, 1.82) is 0 Å². The van der Waals surface area contributed by atoms with Gasteiger partial charge in [-0.15, -0.1) is 11.3 Å². The van der Waals surface area contributed by atoms with E-state index in [1.54, 1.807) is 24.5 Å². The number of hydrogen-bond donors (Lipinski definition) is 1. The van der Waals surface area contributed by atoms with Gasteiger partial charge in [0.05, 0.1) is 30.6 Å². The predicted molar refractivity (Wildman–Crippen MR) is 156 cm³/mol. The highest BCUT2D eigenvalue weighted by Crippen LogP contribution is 2.41. The van der Waals surface area contributed by atoms with Crippen molar-refractivity contribution in [3.8, 4) is 11.4 Å². The van der Waals surface area contributed by atoms with Crippen molar-refractivity contribution in [1.82, 2.24) is 19.0 Å². The third-order valence-electron chi connectivity index (χ3n) is 8.50. The van der Waals surface area contributed by atoms with E-state index < -0.39 is 5.60 Å². The number of hydrogen-bond acceptors (Lipinski definition) is 6. The molecule has 6 rings (SSSR count). The van der Waals surface area contributed by atoms with E-state index in [0.29, 0.717) is 37.0 Å². The number of amides is 1. The molecule has 4 aromatic rings. The highest BCUT2D eigenvalue weighted by molar-refractivity contribution is 7.10. The van der Waals surface area contributed by atoms with E-state index in [2.05, 4.69) is 35.5 Å². The number of fused-ring (bicyclic) bond motifs is 1. The number of nitrogens with zero attached hydrogens (tertiary/aromatic N) is 4. The van der Waals surface area contributed by atoms with Crippen LogP contribution in [0.15, 0.2) is 76.8 Å². The van der Waals surface area contributed by atoms with E-state index in [-0.39, 0.29) is 29.8 Å². The van der Waals surface area contributed by atoms with Gasteiger partial charge in [0.2, 0.25) is 5.91 Å². The monoisotopic (exact) mass is 558 g/mol. The third-order valence-corrected chi connectivity index (χ3v) is 9.51. The summed E-state index contributed by atoms with van der Waals surface area (Å²) >= 11 is 1.72. The van der Waals surface area contributed by atoms with Crippen LogP contribution in [-0.4, -0.2) is 55.8 Å². The van der Waals surface area contributed by atoms with Gasteiger partial charge in [0.1, 0.15) is 12.1 Å². The highest BCUT2D eigenvalue weighted by atomic mass is 32.1. The number of aromatic nitrogens is 3. The number of ether oxygens (including phenoxy) is 1. The second-order valence-electron chi connectivity index (χ2n) is 11.0. The summed E-state index contributed by atoms with van der Waals surface area (Å²) < 4.78 is 8.60. The molecule has 1 fully saturated rings. The summed E-state index contributed by atoms with van der Waals surface area (Å²) in [5, 5.41) is 14.0. The average molecular weight is 559 g/mol. The summed E-state index contributed by atoms with van der Waals surface area (Å²) in [4.78, 5) is 34.8. The largest absolute Gasteiger partial charge is 0.497 e. The summed E-state index contributed by atoms with van der Waals surface area (Å²) in [5.74, 6) is 0.959. The molecule has 0 radical (unpaired) electrons. The van der Waals surface area contributed by atoms with E-state index in [9.17, 15) is 14.7 Å². The molecule has 4 heterocycles. The molecule has 0 saturated carbocycles. The van der Waals surface area contributed by atoms with Crippen molar-refractivity contribution in [2.75, 3.05) is 20.2 Å². The van der Waals surface area contributed by atoms with Crippen molar-refractivity contribution >= 4 is 28.3 Å². The summed E-state index contributed by atoms with van der Waals surface area (Å²) in [5.41, 5.74) is 1.31. The minimum atomic E-state index is -1.08. The number of thiophene rings is 1. The minimum absolute atomic E-state index is 0.144. The van der Waals surface area contributed by atoms with E-state index in [1.165, 1.54) is 15.8 Å². The second kappa shape index (κ2) is 10.7. The minimum Gasteiger partial charge on any atom is -0.497 e. The van der Waals surface area contributed by atoms with E-state index in [1.807, 2.05) is 39.9 Å². The first-order valence-corrected chi connectivity index (χ1v) is 14.7. The SMILES string of the molecule is COc1ccc(-n2ccc3c(=O)n(CC4(O)CCN(C(=O)C5C(C)=CCCC5c5cccs5)CC4)cnc32)cc1. The maximum absolute atomic E-state index is 13.7. The Morgan fingerprint density at radius 2 is 1.95 bits per heavy atom. The predicted octanol–water partition coefficient (Wildman–Crippen LogP) is 4.75. The molecule has 0 bridgehead atoms. The van der Waals surface area contributed by atoms with Crippen LogP contribution < -0.4 is 10.3 Å². The van der Waals surface area contributed by atoms with Crippen molar-refractivity contribution in [2.45, 2.75) is 50.7 Å². The quantitative estimate of drug-likeness (QED) is 0.345. The van der Waals surface area contributed by atoms with E-state index >= 15 is 0 Å². The molecule has 40 heavy (non-hydrogen) atoms. The molecule has 1 aromatic carbocycles. The van der Waals surface area contributed by atoms with Crippen molar-refractivity contribution < 1.29 is 14.6 Å². The van der Waals surface area contributed by atoms with Crippen LogP contribution in [0.5, 0.6) is 5.75 Å². The number of rotatable bonds is 6. The third kappa shape index (κ3) is 4.88. The van der Waals surface area contributed by atoms with Gasteiger partial charge in [-0.25, -0.2) is 4.98 Å². The lowest BCUT2D eigenvalue weighted by Crippen LogP contribution is -2.51. The van der Waals surface area contributed by atoms with Crippen molar-refractivity contribution in [3.05, 3.63) is 87.2 Å². The van der Waals surface area contributed by atoms with Crippen molar-refractivity contribution in [2.24, 2.45) is 5.92 Å². The molecule has 3 aromatic heterocycles. The number of carbonyl (C=O) groups excluding carboxylic acids is 1. The summed E-state index contributed by atoms with van der Waals surface area (Å²) in [6.45, 7) is 3.15. The zero-order chi connectivity index (χ0) is 27.9. The number of carbonyl (C=O) groups is 1. The van der Waals surface area contributed by atoms with Crippen LogP contribution in [0.2, 0.25) is 0 Å². The molecular weight excluding hydrogens is 524 g/mol. The van der Waals surface area contributed by atoms with Gasteiger partial charge in [0.15, 0.2) is 5.65 Å². The first-order chi connectivity index (χ1) is 19.4. The maximum Gasteiger partial charge on any atom is 0.262 e. The van der Waals surface area contributed by atoms with Gasteiger partial charge in [0, 0.05) is 35.8 Å². The average Bonchev–Trinajstić information content (AvgIpc) is 3.66. The Morgan fingerprint density at radius 1 is 1.18 bits per heavy atom.